The molecule has 1 fully saturated rings. The van der Waals surface area contributed by atoms with Gasteiger partial charge in [-0.2, -0.15) is 0 Å². The van der Waals surface area contributed by atoms with E-state index in [0.717, 1.165) is 25.7 Å². The largest absolute Gasteiger partial charge is 0.300 e. The summed E-state index contributed by atoms with van der Waals surface area (Å²) in [7, 11) is 0. The van der Waals surface area contributed by atoms with Gasteiger partial charge in [-0.25, -0.2) is 0 Å². The molecule has 0 atom stereocenters. The van der Waals surface area contributed by atoms with Gasteiger partial charge in [-0.15, -0.1) is 0 Å². The summed E-state index contributed by atoms with van der Waals surface area (Å²) in [5.41, 5.74) is 0. The van der Waals surface area contributed by atoms with E-state index in [4.69, 9.17) is 0 Å². The number of hydrogen-bond acceptors (Lipinski definition) is 1. The number of hydrogen-bond donors (Lipinski definition) is 0. The molecule has 9 heavy (non-hydrogen) atoms. The molecule has 0 aromatic carbocycles. The average molecular weight is 178 g/mol. The van der Waals surface area contributed by atoms with Gasteiger partial charge >= 0.3 is 0 Å². The van der Waals surface area contributed by atoms with Gasteiger partial charge in [-0.3, -0.25) is 4.79 Å². The van der Waals surface area contributed by atoms with E-state index < -0.39 is 0 Å². The van der Waals surface area contributed by atoms with Gasteiger partial charge in [0.15, 0.2) is 0 Å². The minimum Gasteiger partial charge on any atom is -0.300 e. The Morgan fingerprint density at radius 2 is 1.44 bits per heavy atom. The van der Waals surface area contributed by atoms with E-state index in [1.807, 2.05) is 0 Å². The van der Waals surface area contributed by atoms with E-state index in [1.54, 1.807) is 0 Å². The molecular formula is C6H14OSiTi. The summed E-state index contributed by atoms with van der Waals surface area (Å²) in [6.45, 7) is 0. The van der Waals surface area contributed by atoms with Gasteiger partial charge in [-0.1, -0.05) is 6.42 Å². The first-order chi connectivity index (χ1) is 3.39. The molecular weight excluding hydrogens is 164 g/mol. The second-order valence-corrected chi connectivity index (χ2v) is 2.10. The fraction of sp³-hybridized carbons (Fsp3) is 0.833. The Kier molecular flexibility index (Phi) is 9.18. The molecule has 1 rings (SSSR count). The number of Topliss-reactive ketones (excluding diaryl/α,β-unsaturated/α-hetero) is 1. The normalized spacial score (nSPS) is 17.6. The summed E-state index contributed by atoms with van der Waals surface area (Å²) in [6.07, 6.45) is 5.24. The van der Waals surface area contributed by atoms with Gasteiger partial charge in [0.2, 0.25) is 0 Å². The van der Waals surface area contributed by atoms with E-state index in [-0.39, 0.29) is 32.7 Å². The van der Waals surface area contributed by atoms with Crippen molar-refractivity contribution in [3.8, 4) is 0 Å². The van der Waals surface area contributed by atoms with Crippen LogP contribution in [-0.4, -0.2) is 16.7 Å². The number of ketones is 1. The van der Waals surface area contributed by atoms with Crippen LogP contribution < -0.4 is 0 Å². The smallest absolute Gasteiger partial charge is 0.132 e. The number of carbonyl (C=O) groups excluding carboxylic acids is 1. The van der Waals surface area contributed by atoms with Crippen molar-refractivity contribution in [1.82, 2.24) is 0 Å². The molecule has 52 valence electrons. The SMILES string of the molecule is O=C1CCCCC1.[SiH4].[Ti]. The molecule has 1 saturated carbocycles. The zero-order chi connectivity index (χ0) is 5.11. The molecule has 0 radical (unpaired) electrons. The standard InChI is InChI=1S/C6H10O.H4Si.Ti/c7-6-4-2-1-3-5-6;;/h1-5H2;1H4;. The zero-order valence-corrected chi connectivity index (χ0v) is 6.51. The predicted octanol–water partition coefficient (Wildman–Crippen LogP) is 0.0655. The van der Waals surface area contributed by atoms with Crippen LogP contribution in [0.5, 0.6) is 0 Å². The molecule has 0 heterocycles. The molecule has 0 saturated heterocycles. The summed E-state index contributed by atoms with van der Waals surface area (Å²) in [6, 6.07) is 0. The quantitative estimate of drug-likeness (QED) is 0.479. The summed E-state index contributed by atoms with van der Waals surface area (Å²) in [5.74, 6) is 0.464. The molecule has 0 bridgehead atoms. The summed E-state index contributed by atoms with van der Waals surface area (Å²) < 4.78 is 0. The molecule has 0 aromatic rings. The Balaban J connectivity index is 0. The Bertz CT molecular complexity index is 77.1. The topological polar surface area (TPSA) is 17.1 Å². The molecule has 1 nitrogen and oxygen atoms in total. The zero-order valence-electron chi connectivity index (χ0n) is 4.94. The second-order valence-electron chi connectivity index (χ2n) is 2.10. The molecule has 0 N–H and O–H groups in total. The van der Waals surface area contributed by atoms with E-state index in [9.17, 15) is 4.79 Å². The van der Waals surface area contributed by atoms with Crippen molar-refractivity contribution >= 4 is 16.7 Å². The first-order valence-electron chi connectivity index (χ1n) is 2.91. The molecule has 1 aliphatic rings. The fourth-order valence-electron chi connectivity index (χ4n) is 0.946. The van der Waals surface area contributed by atoms with E-state index in [1.165, 1.54) is 6.42 Å². The van der Waals surface area contributed by atoms with Crippen LogP contribution in [0.2, 0.25) is 0 Å². The van der Waals surface area contributed by atoms with Gasteiger partial charge in [0, 0.05) is 34.6 Å². The number of rotatable bonds is 0. The van der Waals surface area contributed by atoms with Crippen molar-refractivity contribution in [2.75, 3.05) is 0 Å². The van der Waals surface area contributed by atoms with Crippen molar-refractivity contribution in [3.05, 3.63) is 0 Å². The van der Waals surface area contributed by atoms with Crippen LogP contribution in [0.4, 0.5) is 0 Å². The number of carbonyl (C=O) groups is 1. The average Bonchev–Trinajstić information content (AvgIpc) is 1.69. The maximum atomic E-state index is 10.5. The van der Waals surface area contributed by atoms with Gasteiger partial charge in [0.1, 0.15) is 5.78 Å². The molecule has 1 aliphatic carbocycles. The third kappa shape index (κ3) is 5.07. The van der Waals surface area contributed by atoms with Crippen molar-refractivity contribution in [2.24, 2.45) is 0 Å². The molecule has 0 aliphatic heterocycles. The minimum atomic E-state index is 0. The third-order valence-electron chi connectivity index (χ3n) is 1.41. The van der Waals surface area contributed by atoms with Crippen LogP contribution in [0.3, 0.4) is 0 Å². The Morgan fingerprint density at radius 3 is 1.67 bits per heavy atom. The maximum absolute atomic E-state index is 10.5. The predicted molar refractivity (Wildman–Crippen MR) is 39.4 cm³/mol. The van der Waals surface area contributed by atoms with Crippen LogP contribution in [0, 0.1) is 0 Å². The molecule has 3 heteroatoms. The van der Waals surface area contributed by atoms with E-state index in [0.29, 0.717) is 5.78 Å². The van der Waals surface area contributed by atoms with Gasteiger partial charge in [0.25, 0.3) is 0 Å². The van der Waals surface area contributed by atoms with Gasteiger partial charge < -0.3 is 0 Å². The van der Waals surface area contributed by atoms with E-state index >= 15 is 0 Å². The molecule has 0 spiro atoms. The van der Waals surface area contributed by atoms with Crippen molar-refractivity contribution < 1.29 is 26.5 Å². The van der Waals surface area contributed by atoms with Crippen LogP contribution >= 0.6 is 0 Å². The van der Waals surface area contributed by atoms with Gasteiger partial charge in [-0.05, 0) is 23.8 Å². The maximum Gasteiger partial charge on any atom is 0.132 e. The van der Waals surface area contributed by atoms with Crippen LogP contribution in [0.1, 0.15) is 32.1 Å². The molecule has 0 aromatic heterocycles. The Morgan fingerprint density at radius 1 is 1.00 bits per heavy atom. The van der Waals surface area contributed by atoms with E-state index in [2.05, 4.69) is 0 Å². The van der Waals surface area contributed by atoms with Crippen molar-refractivity contribution in [2.45, 2.75) is 32.1 Å². The molecule has 0 amide bonds. The minimum absolute atomic E-state index is 0. The fourth-order valence-corrected chi connectivity index (χ4v) is 0.946. The van der Waals surface area contributed by atoms with Crippen LogP contribution in [0.25, 0.3) is 0 Å². The van der Waals surface area contributed by atoms with Crippen molar-refractivity contribution in [3.63, 3.8) is 0 Å². The summed E-state index contributed by atoms with van der Waals surface area (Å²) in [4.78, 5) is 10.5. The van der Waals surface area contributed by atoms with Crippen LogP contribution in [-0.2, 0) is 26.5 Å². The molecule has 0 unspecified atom stereocenters. The first-order valence-corrected chi connectivity index (χ1v) is 2.91. The Hall–Kier alpha value is 0.601. The van der Waals surface area contributed by atoms with Crippen LogP contribution in [0.15, 0.2) is 0 Å². The first kappa shape index (κ1) is 12.3. The summed E-state index contributed by atoms with van der Waals surface area (Å²) >= 11 is 0. The summed E-state index contributed by atoms with van der Waals surface area (Å²) in [5, 5.41) is 0. The second kappa shape index (κ2) is 6.72. The Labute approximate surface area is 75.5 Å². The van der Waals surface area contributed by atoms with Crippen molar-refractivity contribution in [1.29, 1.82) is 0 Å². The third-order valence-corrected chi connectivity index (χ3v) is 1.41. The monoisotopic (exact) mass is 178 g/mol. The van der Waals surface area contributed by atoms with Gasteiger partial charge in [0.05, 0.1) is 0 Å².